The summed E-state index contributed by atoms with van der Waals surface area (Å²) in [4.78, 5) is 0. The van der Waals surface area contributed by atoms with Crippen LogP contribution in [0.2, 0.25) is 0 Å². The number of nitrogens with zero attached hydrogens (tertiary/aromatic N) is 3. The molecule has 4 heteroatoms. The maximum Gasteiger partial charge on any atom is 0.0363 e. The largest absolute Gasteiger partial charge is 0.352 e. The van der Waals surface area contributed by atoms with Gasteiger partial charge in [-0.2, -0.15) is 0 Å². The molecule has 1 aromatic rings. The van der Waals surface area contributed by atoms with E-state index in [-0.39, 0.29) is 32.7 Å². The van der Waals surface area contributed by atoms with Gasteiger partial charge in [-0.15, -0.1) is 11.4 Å². The van der Waals surface area contributed by atoms with Crippen LogP contribution in [0.25, 0.3) is 0 Å². The molecule has 1 radical (unpaired) electrons. The van der Waals surface area contributed by atoms with Crippen LogP contribution in [0.4, 0.5) is 0 Å². The van der Waals surface area contributed by atoms with Gasteiger partial charge in [0.05, 0.1) is 0 Å². The van der Waals surface area contributed by atoms with Gasteiger partial charge >= 0.3 is 0 Å². The Hall–Kier alpha value is 0.244. The zero-order valence-electron chi connectivity index (χ0n) is 6.70. The van der Waals surface area contributed by atoms with Crippen molar-refractivity contribution in [3.05, 3.63) is 12.4 Å². The van der Waals surface area contributed by atoms with Gasteiger partial charge in [-0.3, -0.25) is 4.68 Å². The Labute approximate surface area is 87.1 Å². The molecule has 10 heavy (non-hydrogen) atoms. The molecule has 0 aliphatic carbocycles. The maximum atomic E-state index is 3.65. The Morgan fingerprint density at radius 3 is 2.30 bits per heavy atom. The van der Waals surface area contributed by atoms with Crippen molar-refractivity contribution in [3.8, 4) is 0 Å². The van der Waals surface area contributed by atoms with E-state index in [0.29, 0.717) is 0 Å². The second kappa shape index (κ2) is 9.24. The van der Waals surface area contributed by atoms with Crippen LogP contribution in [0.15, 0.2) is 6.20 Å². The summed E-state index contributed by atoms with van der Waals surface area (Å²) >= 11 is 0. The zero-order valence-corrected chi connectivity index (χ0v) is 9.54. The molecule has 0 atom stereocenters. The van der Waals surface area contributed by atoms with Gasteiger partial charge < -0.3 is 11.3 Å². The molecule has 0 bridgehead atoms. The molecule has 0 amide bonds. The minimum absolute atomic E-state index is 0. The fraction of sp³-hybridized carbons (Fsp3) is 0.667. The number of aryl methyl sites for hydroxylation is 1. The fourth-order valence-corrected chi connectivity index (χ4v) is 0.356. The van der Waals surface area contributed by atoms with Crippen LogP contribution < -0.4 is 0 Å². The third-order valence-electron chi connectivity index (χ3n) is 0.748. The zero-order chi connectivity index (χ0) is 7.11. The molecule has 0 spiro atoms. The first-order valence-corrected chi connectivity index (χ1v) is 3.19. The van der Waals surface area contributed by atoms with Crippen LogP contribution in [-0.4, -0.2) is 15.0 Å². The van der Waals surface area contributed by atoms with E-state index in [0.717, 1.165) is 6.54 Å². The summed E-state index contributed by atoms with van der Waals surface area (Å²) in [7, 11) is 0. The molecule has 0 saturated carbocycles. The summed E-state index contributed by atoms with van der Waals surface area (Å²) in [5.74, 6) is 0. The molecular formula is C6H12N3Y-. The molecule has 0 fully saturated rings. The summed E-state index contributed by atoms with van der Waals surface area (Å²) < 4.78 is 1.71. The molecule has 0 saturated heterocycles. The molecule has 0 aliphatic heterocycles. The first kappa shape index (κ1) is 12.9. The smallest absolute Gasteiger partial charge is 0.0363 e. The van der Waals surface area contributed by atoms with Crippen LogP contribution in [-0.2, 0) is 39.3 Å². The normalized spacial score (nSPS) is 7.10. The first-order chi connectivity index (χ1) is 4.43. The monoisotopic (exact) mass is 215 g/mol. The van der Waals surface area contributed by atoms with Crippen molar-refractivity contribution in [1.29, 1.82) is 0 Å². The van der Waals surface area contributed by atoms with Crippen LogP contribution in [0.3, 0.4) is 0 Å². The molecule has 0 unspecified atom stereocenters. The Kier molecular flexibility index (Phi) is 11.9. The average molecular weight is 215 g/mol. The Morgan fingerprint density at radius 1 is 1.50 bits per heavy atom. The van der Waals surface area contributed by atoms with E-state index in [2.05, 4.69) is 16.5 Å². The van der Waals surface area contributed by atoms with E-state index in [1.165, 1.54) is 0 Å². The summed E-state index contributed by atoms with van der Waals surface area (Å²) in [5, 5.41) is 7.13. The van der Waals surface area contributed by atoms with E-state index in [1.54, 1.807) is 10.9 Å². The van der Waals surface area contributed by atoms with Gasteiger partial charge in [-0.1, -0.05) is 13.8 Å². The van der Waals surface area contributed by atoms with Crippen LogP contribution in [0, 0.1) is 6.20 Å². The van der Waals surface area contributed by atoms with Gasteiger partial charge in [-0.05, 0) is 6.92 Å². The quantitative estimate of drug-likeness (QED) is 0.657. The van der Waals surface area contributed by atoms with Gasteiger partial charge in [0.15, 0.2) is 0 Å². The first-order valence-electron chi connectivity index (χ1n) is 3.19. The second-order valence-electron chi connectivity index (χ2n) is 1.20. The van der Waals surface area contributed by atoms with Crippen molar-refractivity contribution in [2.45, 2.75) is 27.3 Å². The number of rotatable bonds is 1. The summed E-state index contributed by atoms with van der Waals surface area (Å²) in [6.07, 6.45) is 4.29. The predicted octanol–water partition coefficient (Wildman–Crippen LogP) is 1.12. The van der Waals surface area contributed by atoms with Gasteiger partial charge in [-0.25, -0.2) is 0 Å². The molecule has 1 rings (SSSR count). The van der Waals surface area contributed by atoms with Crippen molar-refractivity contribution in [1.82, 2.24) is 15.0 Å². The van der Waals surface area contributed by atoms with E-state index in [4.69, 9.17) is 0 Å². The number of hydrogen-bond donors (Lipinski definition) is 0. The van der Waals surface area contributed by atoms with E-state index in [9.17, 15) is 0 Å². The Balaban J connectivity index is 0. The molecule has 0 aliphatic rings. The third-order valence-corrected chi connectivity index (χ3v) is 0.748. The predicted molar refractivity (Wildman–Crippen MR) is 35.9 cm³/mol. The molecule has 1 aromatic heterocycles. The Bertz CT molecular complexity index is 128. The molecule has 0 N–H and O–H groups in total. The third kappa shape index (κ3) is 5.06. The van der Waals surface area contributed by atoms with Crippen molar-refractivity contribution >= 4 is 0 Å². The van der Waals surface area contributed by atoms with Crippen LogP contribution in [0.5, 0.6) is 0 Å². The molecule has 0 aromatic carbocycles. The van der Waals surface area contributed by atoms with Crippen LogP contribution >= 0.6 is 0 Å². The van der Waals surface area contributed by atoms with E-state index in [1.807, 2.05) is 20.8 Å². The van der Waals surface area contributed by atoms with Gasteiger partial charge in [0.1, 0.15) is 0 Å². The van der Waals surface area contributed by atoms with E-state index < -0.39 is 0 Å². The van der Waals surface area contributed by atoms with Crippen molar-refractivity contribution in [3.63, 3.8) is 0 Å². The molecular weight excluding hydrogens is 203 g/mol. The summed E-state index contributed by atoms with van der Waals surface area (Å²) in [5.41, 5.74) is 0. The topological polar surface area (TPSA) is 30.7 Å². The summed E-state index contributed by atoms with van der Waals surface area (Å²) in [6, 6.07) is 0. The maximum absolute atomic E-state index is 3.65. The summed E-state index contributed by atoms with van der Waals surface area (Å²) in [6.45, 7) is 6.87. The minimum atomic E-state index is 0. The Morgan fingerprint density at radius 2 is 2.10 bits per heavy atom. The standard InChI is InChI=1S/C4H6N3.C2H6.Y/c1-2-7-4-3-5-6-7;1-2;/h4H,2H2,1H3;1-2H3;/q-1;;. The number of hydrogen-bond acceptors (Lipinski definition) is 2. The van der Waals surface area contributed by atoms with E-state index >= 15 is 0 Å². The van der Waals surface area contributed by atoms with Gasteiger partial charge in [0.2, 0.25) is 0 Å². The SMILES string of the molecule is CC.CCn1c[c-]nn1.[Y]. The minimum Gasteiger partial charge on any atom is -0.352 e. The van der Waals surface area contributed by atoms with Gasteiger partial charge in [0.25, 0.3) is 0 Å². The van der Waals surface area contributed by atoms with Crippen molar-refractivity contribution < 1.29 is 32.7 Å². The van der Waals surface area contributed by atoms with Crippen molar-refractivity contribution in [2.24, 2.45) is 0 Å². The fourth-order valence-electron chi connectivity index (χ4n) is 0.356. The van der Waals surface area contributed by atoms with Crippen LogP contribution in [0.1, 0.15) is 20.8 Å². The van der Waals surface area contributed by atoms with Gasteiger partial charge in [0, 0.05) is 39.3 Å². The number of aromatic nitrogens is 3. The molecule has 1 heterocycles. The average Bonchev–Trinajstić information content (AvgIpc) is 2.43. The molecule has 3 nitrogen and oxygen atoms in total. The van der Waals surface area contributed by atoms with Crippen molar-refractivity contribution in [2.75, 3.05) is 0 Å². The second-order valence-corrected chi connectivity index (χ2v) is 1.20. The molecule has 55 valence electrons.